The van der Waals surface area contributed by atoms with E-state index in [1.165, 1.54) is 0 Å². The largest absolute Gasteiger partial charge is 0.481 e. The number of nitrogens with zero attached hydrogens (tertiary/aromatic N) is 1. The Morgan fingerprint density at radius 3 is 2.25 bits per heavy atom. The van der Waals surface area contributed by atoms with Crippen LogP contribution in [0.15, 0.2) is 0 Å². The lowest BCUT2D eigenvalue weighted by molar-refractivity contribution is -0.143. The van der Waals surface area contributed by atoms with Gasteiger partial charge in [0, 0.05) is 31.2 Å². The van der Waals surface area contributed by atoms with Crippen molar-refractivity contribution in [3.05, 3.63) is 0 Å². The van der Waals surface area contributed by atoms with E-state index in [1.807, 2.05) is 0 Å². The third-order valence-corrected chi connectivity index (χ3v) is 3.29. The number of nitrogens with one attached hydrogen (secondary N) is 1. The van der Waals surface area contributed by atoms with Gasteiger partial charge in [0.25, 0.3) is 0 Å². The van der Waals surface area contributed by atoms with Crippen molar-refractivity contribution in [2.75, 3.05) is 13.1 Å². The van der Waals surface area contributed by atoms with Crippen LogP contribution in [0.25, 0.3) is 0 Å². The normalized spacial score (nSPS) is 26.7. The summed E-state index contributed by atoms with van der Waals surface area (Å²) in [5.74, 6) is -0.914. The van der Waals surface area contributed by atoms with Crippen molar-refractivity contribution in [3.8, 4) is 0 Å². The minimum Gasteiger partial charge on any atom is -0.481 e. The zero-order valence-corrected chi connectivity index (χ0v) is 10.7. The number of hydrogen-bond acceptors (Lipinski definition) is 3. The maximum absolute atomic E-state index is 11.0. The first-order chi connectivity index (χ1) is 7.43. The second-order valence-corrected chi connectivity index (χ2v) is 5.22. The van der Waals surface area contributed by atoms with Crippen molar-refractivity contribution in [2.45, 2.75) is 52.2 Å². The van der Waals surface area contributed by atoms with Gasteiger partial charge in [-0.25, -0.2) is 0 Å². The SMILES string of the molecule is CC(C)N(C(C)C)[C@@H]1CNC[C@H](C(=O)O)C1. The summed E-state index contributed by atoms with van der Waals surface area (Å²) in [5, 5.41) is 12.3. The van der Waals surface area contributed by atoms with Crippen LogP contribution in [0.2, 0.25) is 0 Å². The monoisotopic (exact) mass is 228 g/mol. The molecule has 1 rings (SSSR count). The summed E-state index contributed by atoms with van der Waals surface area (Å²) in [7, 11) is 0. The highest BCUT2D eigenvalue weighted by molar-refractivity contribution is 5.70. The maximum atomic E-state index is 11.0. The summed E-state index contributed by atoms with van der Waals surface area (Å²) in [6, 6.07) is 1.26. The molecular weight excluding hydrogens is 204 g/mol. The lowest BCUT2D eigenvalue weighted by Gasteiger charge is -2.41. The van der Waals surface area contributed by atoms with E-state index in [0.29, 0.717) is 24.7 Å². The van der Waals surface area contributed by atoms with Gasteiger partial charge in [-0.3, -0.25) is 9.69 Å². The van der Waals surface area contributed by atoms with Crippen LogP contribution in [0.3, 0.4) is 0 Å². The van der Waals surface area contributed by atoms with E-state index in [1.54, 1.807) is 0 Å². The number of carbonyl (C=O) groups is 1. The Balaban J connectivity index is 2.67. The first kappa shape index (κ1) is 13.5. The van der Waals surface area contributed by atoms with Crippen molar-refractivity contribution < 1.29 is 9.90 Å². The first-order valence-corrected chi connectivity index (χ1v) is 6.14. The number of carboxylic acid groups (broad SMARTS) is 1. The smallest absolute Gasteiger partial charge is 0.307 e. The molecule has 2 N–H and O–H groups in total. The first-order valence-electron chi connectivity index (χ1n) is 6.14. The van der Waals surface area contributed by atoms with Crippen LogP contribution in [0.1, 0.15) is 34.1 Å². The predicted octanol–water partition coefficient (Wildman–Crippen LogP) is 1.17. The Labute approximate surface area is 98.0 Å². The van der Waals surface area contributed by atoms with Gasteiger partial charge in [-0.15, -0.1) is 0 Å². The van der Waals surface area contributed by atoms with Gasteiger partial charge >= 0.3 is 5.97 Å². The molecule has 0 aromatic rings. The fraction of sp³-hybridized carbons (Fsp3) is 0.917. The zero-order valence-electron chi connectivity index (χ0n) is 10.7. The van der Waals surface area contributed by atoms with E-state index in [2.05, 4.69) is 37.9 Å². The van der Waals surface area contributed by atoms with E-state index in [4.69, 9.17) is 5.11 Å². The second kappa shape index (κ2) is 5.64. The minimum absolute atomic E-state index is 0.237. The molecule has 0 aromatic carbocycles. The average molecular weight is 228 g/mol. The molecule has 0 unspecified atom stereocenters. The van der Waals surface area contributed by atoms with Crippen LogP contribution in [0.4, 0.5) is 0 Å². The van der Waals surface area contributed by atoms with Crippen LogP contribution < -0.4 is 5.32 Å². The molecule has 1 aliphatic rings. The molecule has 2 atom stereocenters. The number of rotatable bonds is 4. The van der Waals surface area contributed by atoms with Gasteiger partial charge in [-0.2, -0.15) is 0 Å². The lowest BCUT2D eigenvalue weighted by atomic mass is 9.93. The maximum Gasteiger partial charge on any atom is 0.307 e. The van der Waals surface area contributed by atoms with Gasteiger partial charge in [-0.05, 0) is 34.1 Å². The molecule has 4 heteroatoms. The molecule has 4 nitrogen and oxygen atoms in total. The molecule has 1 heterocycles. The third kappa shape index (κ3) is 3.19. The molecule has 1 fully saturated rings. The number of aliphatic carboxylic acids is 1. The summed E-state index contributed by atoms with van der Waals surface area (Å²) in [5.41, 5.74) is 0. The average Bonchev–Trinajstić information content (AvgIpc) is 2.16. The van der Waals surface area contributed by atoms with E-state index in [9.17, 15) is 4.79 Å². The van der Waals surface area contributed by atoms with E-state index < -0.39 is 5.97 Å². The molecule has 0 amide bonds. The molecule has 1 saturated heterocycles. The van der Waals surface area contributed by atoms with Gasteiger partial charge in [-0.1, -0.05) is 0 Å². The van der Waals surface area contributed by atoms with E-state index in [-0.39, 0.29) is 5.92 Å². The third-order valence-electron chi connectivity index (χ3n) is 3.29. The molecule has 16 heavy (non-hydrogen) atoms. The number of hydrogen-bond donors (Lipinski definition) is 2. The summed E-state index contributed by atoms with van der Waals surface area (Å²) in [6.45, 7) is 10.2. The summed E-state index contributed by atoms with van der Waals surface area (Å²) >= 11 is 0. The van der Waals surface area contributed by atoms with E-state index in [0.717, 1.165) is 13.0 Å². The second-order valence-electron chi connectivity index (χ2n) is 5.22. The number of carboxylic acids is 1. The molecule has 0 aromatic heterocycles. The highest BCUT2D eigenvalue weighted by Gasteiger charge is 2.32. The molecule has 0 radical (unpaired) electrons. The van der Waals surface area contributed by atoms with Crippen molar-refractivity contribution in [1.82, 2.24) is 10.2 Å². The lowest BCUT2D eigenvalue weighted by Crippen LogP contribution is -2.54. The van der Waals surface area contributed by atoms with Gasteiger partial charge in [0.2, 0.25) is 0 Å². The predicted molar refractivity (Wildman–Crippen MR) is 64.5 cm³/mol. The zero-order chi connectivity index (χ0) is 12.3. The van der Waals surface area contributed by atoms with E-state index >= 15 is 0 Å². The minimum atomic E-state index is -0.676. The highest BCUT2D eigenvalue weighted by atomic mass is 16.4. The quantitative estimate of drug-likeness (QED) is 0.758. The van der Waals surface area contributed by atoms with Gasteiger partial charge in [0.15, 0.2) is 0 Å². The van der Waals surface area contributed by atoms with Crippen molar-refractivity contribution in [1.29, 1.82) is 0 Å². The Morgan fingerprint density at radius 2 is 1.81 bits per heavy atom. The fourth-order valence-corrected chi connectivity index (χ4v) is 2.77. The van der Waals surface area contributed by atoms with Gasteiger partial charge in [0.1, 0.15) is 0 Å². The highest BCUT2D eigenvalue weighted by Crippen LogP contribution is 2.20. The molecule has 0 aliphatic carbocycles. The van der Waals surface area contributed by atoms with Crippen molar-refractivity contribution >= 4 is 5.97 Å². The van der Waals surface area contributed by atoms with Crippen LogP contribution in [-0.4, -0.2) is 47.2 Å². The van der Waals surface area contributed by atoms with Gasteiger partial charge < -0.3 is 10.4 Å². The van der Waals surface area contributed by atoms with Gasteiger partial charge in [0.05, 0.1) is 5.92 Å². The van der Waals surface area contributed by atoms with Crippen LogP contribution >= 0.6 is 0 Å². The fourth-order valence-electron chi connectivity index (χ4n) is 2.77. The molecule has 0 saturated carbocycles. The van der Waals surface area contributed by atoms with Crippen LogP contribution in [-0.2, 0) is 4.79 Å². The van der Waals surface area contributed by atoms with Crippen LogP contribution in [0, 0.1) is 5.92 Å². The summed E-state index contributed by atoms with van der Waals surface area (Å²) < 4.78 is 0. The summed E-state index contributed by atoms with van der Waals surface area (Å²) in [4.78, 5) is 13.4. The molecule has 0 bridgehead atoms. The van der Waals surface area contributed by atoms with Crippen molar-refractivity contribution in [3.63, 3.8) is 0 Å². The van der Waals surface area contributed by atoms with Crippen molar-refractivity contribution in [2.24, 2.45) is 5.92 Å². The molecule has 1 aliphatic heterocycles. The standard InChI is InChI=1S/C12H24N2O2/c1-8(2)14(9(3)4)11-5-10(12(15)16)6-13-7-11/h8-11,13H,5-7H2,1-4H3,(H,15,16)/t10-,11+/m1/s1. The molecule has 94 valence electrons. The Morgan fingerprint density at radius 1 is 1.25 bits per heavy atom. The Kier molecular flexibility index (Phi) is 4.74. The topological polar surface area (TPSA) is 52.6 Å². The molecular formula is C12H24N2O2. The Bertz CT molecular complexity index is 233. The van der Waals surface area contributed by atoms with Crippen LogP contribution in [0.5, 0.6) is 0 Å². The summed E-state index contributed by atoms with van der Waals surface area (Å²) in [6.07, 6.45) is 0.763. The number of piperidine rings is 1. The molecule has 0 spiro atoms. The Hall–Kier alpha value is -0.610.